The molecule has 0 aliphatic carbocycles. The third-order valence-corrected chi connectivity index (χ3v) is 4.31. The highest BCUT2D eigenvalue weighted by Gasteiger charge is 2.30. The van der Waals surface area contributed by atoms with E-state index < -0.39 is 0 Å². The van der Waals surface area contributed by atoms with Crippen LogP contribution in [0.25, 0.3) is 11.0 Å². The normalized spacial score (nSPS) is 21.5. The number of piperazine rings is 1. The molecule has 3 rings (SSSR count). The Bertz CT molecular complexity index is 737. The third kappa shape index (κ3) is 2.99. The van der Waals surface area contributed by atoms with Gasteiger partial charge in [-0.15, -0.1) is 0 Å². The Morgan fingerprint density at radius 2 is 1.83 bits per heavy atom. The molecule has 6 heteroatoms. The number of benzene rings is 1. The van der Waals surface area contributed by atoms with Crippen molar-refractivity contribution in [3.8, 4) is 5.75 Å². The summed E-state index contributed by atoms with van der Waals surface area (Å²) in [5.41, 5.74) is 3.08. The van der Waals surface area contributed by atoms with E-state index in [2.05, 4.69) is 15.3 Å². The molecule has 2 atom stereocenters. The van der Waals surface area contributed by atoms with Crippen molar-refractivity contribution in [3.63, 3.8) is 0 Å². The van der Waals surface area contributed by atoms with Gasteiger partial charge in [-0.05, 0) is 39.8 Å². The van der Waals surface area contributed by atoms with Crippen LogP contribution in [0.4, 0.5) is 4.79 Å². The molecule has 0 spiro atoms. The highest BCUT2D eigenvalue weighted by atomic mass is 16.6. The summed E-state index contributed by atoms with van der Waals surface area (Å²) in [6.45, 7) is 9.40. The number of aromatic nitrogens is 2. The molecule has 23 heavy (non-hydrogen) atoms. The largest absolute Gasteiger partial charge is 0.415 e. The van der Waals surface area contributed by atoms with Crippen LogP contribution in [0.5, 0.6) is 5.75 Å². The molecule has 1 aromatic carbocycles. The monoisotopic (exact) mass is 314 g/mol. The molecule has 1 aliphatic rings. The molecule has 2 aromatic rings. The SMILES string of the molecule is Cc1nc2cccc(OC(=O)N3C(C)CNCC3C)c2nc1C. The molecule has 1 fully saturated rings. The summed E-state index contributed by atoms with van der Waals surface area (Å²) in [6, 6.07) is 5.66. The molecule has 2 unspecified atom stereocenters. The van der Waals surface area contributed by atoms with Crippen LogP contribution in [0.15, 0.2) is 18.2 Å². The van der Waals surface area contributed by atoms with Crippen molar-refractivity contribution < 1.29 is 9.53 Å². The molecule has 1 aromatic heterocycles. The van der Waals surface area contributed by atoms with Crippen molar-refractivity contribution in [2.45, 2.75) is 39.8 Å². The number of carbonyl (C=O) groups is 1. The van der Waals surface area contributed by atoms with Crippen LogP contribution in [0.1, 0.15) is 25.2 Å². The second kappa shape index (κ2) is 6.12. The van der Waals surface area contributed by atoms with E-state index in [9.17, 15) is 4.79 Å². The molecule has 122 valence electrons. The number of amides is 1. The van der Waals surface area contributed by atoms with Gasteiger partial charge in [-0.2, -0.15) is 0 Å². The van der Waals surface area contributed by atoms with E-state index in [-0.39, 0.29) is 18.2 Å². The predicted molar refractivity (Wildman–Crippen MR) is 88.7 cm³/mol. The highest BCUT2D eigenvalue weighted by molar-refractivity contribution is 5.84. The molecule has 0 bridgehead atoms. The van der Waals surface area contributed by atoms with E-state index in [1.807, 2.05) is 39.8 Å². The molecule has 1 saturated heterocycles. The summed E-state index contributed by atoms with van der Waals surface area (Å²) < 4.78 is 5.66. The van der Waals surface area contributed by atoms with Gasteiger partial charge in [0.25, 0.3) is 0 Å². The standard InChI is InChI=1S/C17H22N4O2/c1-10-8-18-9-11(2)21(10)17(22)23-15-7-5-6-14-16(15)20-13(4)12(3)19-14/h5-7,10-11,18H,8-9H2,1-4H3. The maximum atomic E-state index is 12.6. The quantitative estimate of drug-likeness (QED) is 0.875. The van der Waals surface area contributed by atoms with Crippen molar-refractivity contribution in [2.75, 3.05) is 13.1 Å². The zero-order chi connectivity index (χ0) is 16.6. The van der Waals surface area contributed by atoms with Gasteiger partial charge in [0.1, 0.15) is 5.52 Å². The number of hydrogen-bond donors (Lipinski definition) is 1. The Kier molecular flexibility index (Phi) is 4.17. The fourth-order valence-electron chi connectivity index (χ4n) is 2.94. The van der Waals surface area contributed by atoms with Crippen molar-refractivity contribution in [2.24, 2.45) is 0 Å². The van der Waals surface area contributed by atoms with Gasteiger partial charge in [0, 0.05) is 25.2 Å². The fourth-order valence-corrected chi connectivity index (χ4v) is 2.94. The third-order valence-electron chi connectivity index (χ3n) is 4.31. The van der Waals surface area contributed by atoms with Crippen LogP contribution in [-0.2, 0) is 0 Å². The second-order valence-electron chi connectivity index (χ2n) is 6.15. The van der Waals surface area contributed by atoms with E-state index in [0.717, 1.165) is 30.0 Å². The molecule has 0 radical (unpaired) electrons. The molecular formula is C17H22N4O2. The van der Waals surface area contributed by atoms with E-state index in [4.69, 9.17) is 4.74 Å². The molecule has 1 amide bonds. The maximum absolute atomic E-state index is 12.6. The summed E-state index contributed by atoms with van der Waals surface area (Å²) in [5.74, 6) is 0.459. The number of nitrogens with zero attached hydrogens (tertiary/aromatic N) is 3. The van der Waals surface area contributed by atoms with Crippen LogP contribution in [0.3, 0.4) is 0 Å². The second-order valence-corrected chi connectivity index (χ2v) is 6.15. The molecule has 2 heterocycles. The first kappa shape index (κ1) is 15.7. The van der Waals surface area contributed by atoms with Crippen LogP contribution in [0.2, 0.25) is 0 Å². The van der Waals surface area contributed by atoms with Crippen molar-refractivity contribution in [3.05, 3.63) is 29.6 Å². The number of para-hydroxylation sites is 1. The summed E-state index contributed by atoms with van der Waals surface area (Å²) in [5, 5.41) is 3.30. The molecule has 6 nitrogen and oxygen atoms in total. The summed E-state index contributed by atoms with van der Waals surface area (Å²) in [6.07, 6.45) is -0.334. The fraction of sp³-hybridized carbons (Fsp3) is 0.471. The van der Waals surface area contributed by atoms with E-state index in [1.54, 1.807) is 11.0 Å². The Labute approximate surface area is 135 Å². The first-order valence-electron chi connectivity index (χ1n) is 7.92. The van der Waals surface area contributed by atoms with Crippen LogP contribution in [0, 0.1) is 13.8 Å². The zero-order valence-corrected chi connectivity index (χ0v) is 14.0. The summed E-state index contributed by atoms with van der Waals surface area (Å²) in [7, 11) is 0. The van der Waals surface area contributed by atoms with Crippen molar-refractivity contribution >= 4 is 17.1 Å². The summed E-state index contributed by atoms with van der Waals surface area (Å²) >= 11 is 0. The van der Waals surface area contributed by atoms with E-state index >= 15 is 0 Å². The molecular weight excluding hydrogens is 292 g/mol. The highest BCUT2D eigenvalue weighted by Crippen LogP contribution is 2.25. The minimum absolute atomic E-state index is 0.0938. The number of hydrogen-bond acceptors (Lipinski definition) is 5. The Morgan fingerprint density at radius 1 is 1.17 bits per heavy atom. The first-order valence-corrected chi connectivity index (χ1v) is 7.92. The average Bonchev–Trinajstić information content (AvgIpc) is 2.49. The average molecular weight is 314 g/mol. The lowest BCUT2D eigenvalue weighted by Gasteiger charge is -2.38. The minimum Gasteiger partial charge on any atom is -0.408 e. The summed E-state index contributed by atoms with van der Waals surface area (Å²) in [4.78, 5) is 23.4. The Balaban J connectivity index is 1.92. The number of aryl methyl sites for hydroxylation is 2. The number of nitrogens with one attached hydrogen (secondary N) is 1. The molecule has 0 saturated carbocycles. The van der Waals surface area contributed by atoms with Crippen LogP contribution < -0.4 is 10.1 Å². The van der Waals surface area contributed by atoms with Gasteiger partial charge in [0.05, 0.1) is 16.9 Å². The lowest BCUT2D eigenvalue weighted by Crippen LogP contribution is -2.57. The van der Waals surface area contributed by atoms with E-state index in [1.165, 1.54) is 0 Å². The Hall–Kier alpha value is -2.21. The number of fused-ring (bicyclic) bond motifs is 1. The first-order chi connectivity index (χ1) is 11.0. The van der Waals surface area contributed by atoms with Gasteiger partial charge in [-0.25, -0.2) is 14.8 Å². The van der Waals surface area contributed by atoms with Gasteiger partial charge in [-0.3, -0.25) is 4.90 Å². The van der Waals surface area contributed by atoms with Gasteiger partial charge >= 0.3 is 6.09 Å². The lowest BCUT2D eigenvalue weighted by molar-refractivity contribution is 0.0972. The lowest BCUT2D eigenvalue weighted by atomic mass is 10.1. The van der Waals surface area contributed by atoms with E-state index in [0.29, 0.717) is 11.3 Å². The van der Waals surface area contributed by atoms with Gasteiger partial charge < -0.3 is 10.1 Å². The number of carbonyl (C=O) groups excluding carboxylic acids is 1. The minimum atomic E-state index is -0.334. The molecule has 1 N–H and O–H groups in total. The Morgan fingerprint density at radius 3 is 2.52 bits per heavy atom. The van der Waals surface area contributed by atoms with Crippen molar-refractivity contribution in [1.82, 2.24) is 20.2 Å². The predicted octanol–water partition coefficient (Wildman–Crippen LogP) is 2.43. The topological polar surface area (TPSA) is 67.3 Å². The number of ether oxygens (including phenoxy) is 1. The maximum Gasteiger partial charge on any atom is 0.415 e. The zero-order valence-electron chi connectivity index (χ0n) is 14.0. The van der Waals surface area contributed by atoms with Gasteiger partial charge in [-0.1, -0.05) is 6.07 Å². The van der Waals surface area contributed by atoms with Gasteiger partial charge in [0.15, 0.2) is 5.75 Å². The smallest absolute Gasteiger partial charge is 0.408 e. The van der Waals surface area contributed by atoms with Crippen molar-refractivity contribution in [1.29, 1.82) is 0 Å². The molecule has 1 aliphatic heterocycles. The van der Waals surface area contributed by atoms with Crippen LogP contribution in [-0.4, -0.2) is 46.1 Å². The number of rotatable bonds is 1. The van der Waals surface area contributed by atoms with Crippen LogP contribution >= 0.6 is 0 Å². The van der Waals surface area contributed by atoms with Gasteiger partial charge in [0.2, 0.25) is 0 Å².